The first-order valence-corrected chi connectivity index (χ1v) is 7.95. The van der Waals surface area contributed by atoms with E-state index in [0.717, 1.165) is 6.54 Å². The summed E-state index contributed by atoms with van der Waals surface area (Å²) in [4.78, 5) is 5.22. The molecule has 0 aliphatic carbocycles. The van der Waals surface area contributed by atoms with E-state index in [1.807, 2.05) is 0 Å². The fourth-order valence-electron chi connectivity index (χ4n) is 2.91. The normalized spacial score (nSPS) is 28.6. The summed E-state index contributed by atoms with van der Waals surface area (Å²) in [7, 11) is 2.26. The standard InChI is InChI=1S/C16H35N3/c1-8-9-15(10-17-16(4,5)6)19-11-13(2)18(7)14(3)12-19/h13-15,17H,8-12H2,1-7H3. The minimum absolute atomic E-state index is 0.218. The van der Waals surface area contributed by atoms with Gasteiger partial charge in [-0.3, -0.25) is 9.80 Å². The predicted molar refractivity (Wildman–Crippen MR) is 84.7 cm³/mol. The van der Waals surface area contributed by atoms with Crippen LogP contribution in [0.3, 0.4) is 0 Å². The Morgan fingerprint density at radius 3 is 2.11 bits per heavy atom. The Bertz CT molecular complexity index is 247. The van der Waals surface area contributed by atoms with E-state index in [4.69, 9.17) is 0 Å². The number of likely N-dealkylation sites (N-methyl/N-ethyl adjacent to an activating group) is 1. The molecule has 0 aromatic rings. The van der Waals surface area contributed by atoms with E-state index in [9.17, 15) is 0 Å². The molecule has 0 bridgehead atoms. The van der Waals surface area contributed by atoms with Crippen LogP contribution in [-0.2, 0) is 0 Å². The molecule has 0 amide bonds. The van der Waals surface area contributed by atoms with Crippen LogP contribution in [0.15, 0.2) is 0 Å². The summed E-state index contributed by atoms with van der Waals surface area (Å²) in [5.74, 6) is 0. The van der Waals surface area contributed by atoms with Gasteiger partial charge in [-0.2, -0.15) is 0 Å². The van der Waals surface area contributed by atoms with Crippen LogP contribution in [0.4, 0.5) is 0 Å². The lowest BCUT2D eigenvalue weighted by atomic mass is 10.0. The number of hydrogen-bond acceptors (Lipinski definition) is 3. The molecule has 114 valence electrons. The zero-order chi connectivity index (χ0) is 14.6. The second-order valence-corrected chi connectivity index (χ2v) is 7.39. The molecule has 1 saturated heterocycles. The first kappa shape index (κ1) is 16.9. The number of piperazine rings is 1. The first-order chi connectivity index (χ1) is 8.74. The van der Waals surface area contributed by atoms with Gasteiger partial charge >= 0.3 is 0 Å². The van der Waals surface area contributed by atoms with Crippen molar-refractivity contribution in [3.63, 3.8) is 0 Å². The van der Waals surface area contributed by atoms with Crippen molar-refractivity contribution in [2.45, 2.75) is 78.0 Å². The van der Waals surface area contributed by atoms with Gasteiger partial charge in [0.1, 0.15) is 0 Å². The lowest BCUT2D eigenvalue weighted by Crippen LogP contribution is -2.59. The van der Waals surface area contributed by atoms with Crippen molar-refractivity contribution in [3.05, 3.63) is 0 Å². The van der Waals surface area contributed by atoms with E-state index in [-0.39, 0.29) is 5.54 Å². The van der Waals surface area contributed by atoms with Crippen molar-refractivity contribution in [1.29, 1.82) is 0 Å². The summed E-state index contributed by atoms with van der Waals surface area (Å²) in [6, 6.07) is 2.01. The van der Waals surface area contributed by atoms with Crippen molar-refractivity contribution in [3.8, 4) is 0 Å². The maximum atomic E-state index is 3.69. The van der Waals surface area contributed by atoms with Gasteiger partial charge in [0.15, 0.2) is 0 Å². The Morgan fingerprint density at radius 2 is 1.68 bits per heavy atom. The first-order valence-electron chi connectivity index (χ1n) is 7.95. The quantitative estimate of drug-likeness (QED) is 0.827. The highest BCUT2D eigenvalue weighted by Crippen LogP contribution is 2.18. The van der Waals surface area contributed by atoms with Gasteiger partial charge in [0, 0.05) is 43.3 Å². The number of nitrogens with zero attached hydrogens (tertiary/aromatic N) is 2. The van der Waals surface area contributed by atoms with E-state index >= 15 is 0 Å². The molecule has 1 rings (SSSR count). The van der Waals surface area contributed by atoms with Crippen LogP contribution >= 0.6 is 0 Å². The molecular weight excluding hydrogens is 234 g/mol. The zero-order valence-corrected chi connectivity index (χ0v) is 14.2. The SMILES string of the molecule is CCCC(CNC(C)(C)C)N1CC(C)N(C)C(C)C1. The van der Waals surface area contributed by atoms with E-state index in [1.54, 1.807) is 0 Å². The minimum atomic E-state index is 0.218. The van der Waals surface area contributed by atoms with Crippen LogP contribution in [0.25, 0.3) is 0 Å². The van der Waals surface area contributed by atoms with Gasteiger partial charge in [-0.25, -0.2) is 0 Å². The van der Waals surface area contributed by atoms with Gasteiger partial charge in [-0.05, 0) is 48.1 Å². The molecule has 19 heavy (non-hydrogen) atoms. The van der Waals surface area contributed by atoms with E-state index in [1.165, 1.54) is 25.9 Å². The van der Waals surface area contributed by atoms with E-state index in [2.05, 4.69) is 63.7 Å². The average molecular weight is 269 g/mol. The second-order valence-electron chi connectivity index (χ2n) is 7.39. The molecule has 0 radical (unpaired) electrons. The highest BCUT2D eigenvalue weighted by molar-refractivity contribution is 4.88. The van der Waals surface area contributed by atoms with Gasteiger partial charge in [0.25, 0.3) is 0 Å². The second kappa shape index (κ2) is 7.05. The highest BCUT2D eigenvalue weighted by atomic mass is 15.3. The van der Waals surface area contributed by atoms with Gasteiger partial charge in [-0.1, -0.05) is 13.3 Å². The van der Waals surface area contributed by atoms with Crippen molar-refractivity contribution < 1.29 is 0 Å². The number of nitrogens with one attached hydrogen (secondary N) is 1. The largest absolute Gasteiger partial charge is 0.311 e. The number of hydrogen-bond donors (Lipinski definition) is 1. The zero-order valence-electron chi connectivity index (χ0n) is 14.2. The lowest BCUT2D eigenvalue weighted by Gasteiger charge is -2.46. The maximum absolute atomic E-state index is 3.69. The predicted octanol–water partition coefficient (Wildman–Crippen LogP) is 2.57. The Kier molecular flexibility index (Phi) is 6.28. The van der Waals surface area contributed by atoms with Crippen molar-refractivity contribution in [2.24, 2.45) is 0 Å². The summed E-state index contributed by atoms with van der Waals surface area (Å²) in [5, 5.41) is 3.69. The monoisotopic (exact) mass is 269 g/mol. The highest BCUT2D eigenvalue weighted by Gasteiger charge is 2.30. The van der Waals surface area contributed by atoms with Crippen molar-refractivity contribution in [1.82, 2.24) is 15.1 Å². The lowest BCUT2D eigenvalue weighted by molar-refractivity contribution is 0.0295. The van der Waals surface area contributed by atoms with E-state index < -0.39 is 0 Å². The molecule has 3 unspecified atom stereocenters. The van der Waals surface area contributed by atoms with Crippen LogP contribution < -0.4 is 5.32 Å². The van der Waals surface area contributed by atoms with Crippen molar-refractivity contribution >= 4 is 0 Å². The molecular formula is C16H35N3. The maximum Gasteiger partial charge on any atom is 0.0222 e. The molecule has 1 fully saturated rings. The molecule has 3 nitrogen and oxygen atoms in total. The third kappa shape index (κ3) is 5.41. The van der Waals surface area contributed by atoms with Crippen LogP contribution in [0.2, 0.25) is 0 Å². The van der Waals surface area contributed by atoms with Gasteiger partial charge < -0.3 is 5.32 Å². The van der Waals surface area contributed by atoms with E-state index in [0.29, 0.717) is 18.1 Å². The number of rotatable bonds is 5. The molecule has 1 aliphatic heterocycles. The average Bonchev–Trinajstić information content (AvgIpc) is 2.29. The Labute approximate surface area is 120 Å². The molecule has 1 aliphatic rings. The summed E-state index contributed by atoms with van der Waals surface area (Å²) < 4.78 is 0. The smallest absolute Gasteiger partial charge is 0.0222 e. The van der Waals surface area contributed by atoms with Crippen LogP contribution in [-0.4, -0.2) is 60.1 Å². The third-order valence-corrected chi connectivity index (χ3v) is 4.39. The molecule has 1 heterocycles. The third-order valence-electron chi connectivity index (χ3n) is 4.39. The molecule has 0 aromatic carbocycles. The van der Waals surface area contributed by atoms with Crippen molar-refractivity contribution in [2.75, 3.05) is 26.7 Å². The van der Waals surface area contributed by atoms with Crippen LogP contribution in [0, 0.1) is 0 Å². The van der Waals surface area contributed by atoms with Gasteiger partial charge in [0.05, 0.1) is 0 Å². The topological polar surface area (TPSA) is 18.5 Å². The van der Waals surface area contributed by atoms with Crippen LogP contribution in [0.1, 0.15) is 54.4 Å². The Morgan fingerprint density at radius 1 is 1.16 bits per heavy atom. The molecule has 3 heteroatoms. The molecule has 3 atom stereocenters. The van der Waals surface area contributed by atoms with Crippen LogP contribution in [0.5, 0.6) is 0 Å². The molecule has 0 spiro atoms. The summed E-state index contributed by atoms with van der Waals surface area (Å²) in [5.41, 5.74) is 0.218. The Balaban J connectivity index is 2.60. The Hall–Kier alpha value is -0.120. The van der Waals surface area contributed by atoms with Gasteiger partial charge in [0.2, 0.25) is 0 Å². The molecule has 0 saturated carbocycles. The minimum Gasteiger partial charge on any atom is -0.311 e. The fraction of sp³-hybridized carbons (Fsp3) is 1.00. The van der Waals surface area contributed by atoms with Gasteiger partial charge in [-0.15, -0.1) is 0 Å². The summed E-state index contributed by atoms with van der Waals surface area (Å²) >= 11 is 0. The summed E-state index contributed by atoms with van der Waals surface area (Å²) in [6.45, 7) is 17.3. The summed E-state index contributed by atoms with van der Waals surface area (Å²) in [6.07, 6.45) is 2.57. The fourth-order valence-corrected chi connectivity index (χ4v) is 2.91. The molecule has 1 N–H and O–H groups in total. The molecule has 0 aromatic heterocycles.